The summed E-state index contributed by atoms with van der Waals surface area (Å²) in [5.41, 5.74) is -0.00352. The van der Waals surface area contributed by atoms with Crippen molar-refractivity contribution in [2.75, 3.05) is 5.32 Å². The van der Waals surface area contributed by atoms with Gasteiger partial charge in [0.1, 0.15) is 12.2 Å². The van der Waals surface area contributed by atoms with E-state index in [1.165, 1.54) is 12.3 Å². The number of carbonyl (C=O) groups is 2. The number of carbonyl (C=O) groups excluding carboxylic acids is 2. The van der Waals surface area contributed by atoms with Gasteiger partial charge in [-0.15, -0.1) is 11.3 Å². The molecule has 1 N–H and O–H groups in total. The molecule has 0 bridgehead atoms. The summed E-state index contributed by atoms with van der Waals surface area (Å²) in [4.78, 5) is 27.3. The minimum atomic E-state index is -4.53. The first-order valence-corrected chi connectivity index (χ1v) is 8.55. The number of nitrogens with one attached hydrogen (secondary N) is 1. The number of fused-ring (bicyclic) bond motifs is 1. The maximum atomic E-state index is 13.1. The summed E-state index contributed by atoms with van der Waals surface area (Å²) < 4.78 is 40.5. The number of hydrogen-bond donors (Lipinski definition) is 1. The maximum absolute atomic E-state index is 13.1. The molecule has 0 aliphatic heterocycles. The third-order valence-corrected chi connectivity index (χ3v) is 4.69. The predicted octanol–water partition coefficient (Wildman–Crippen LogP) is 3.08. The molecule has 2 aromatic heterocycles. The Labute approximate surface area is 145 Å². The van der Waals surface area contributed by atoms with Gasteiger partial charge in [0.05, 0.1) is 0 Å². The molecule has 0 aromatic carbocycles. The normalized spacial score (nSPS) is 14.2. The first-order valence-electron chi connectivity index (χ1n) is 7.68. The summed E-state index contributed by atoms with van der Waals surface area (Å²) in [6, 6.07) is 0. The molecule has 0 fully saturated rings. The van der Waals surface area contributed by atoms with Crippen LogP contribution in [-0.2, 0) is 30.4 Å². The van der Waals surface area contributed by atoms with Crippen molar-refractivity contribution in [3.8, 4) is 0 Å². The summed E-state index contributed by atoms with van der Waals surface area (Å²) in [6.07, 6.45) is -2.29. The molecular formula is C15H15F3N4O2S. The van der Waals surface area contributed by atoms with E-state index in [0.717, 1.165) is 22.4 Å². The molecule has 6 nitrogen and oxygen atoms in total. The van der Waals surface area contributed by atoms with E-state index in [2.05, 4.69) is 15.4 Å². The standard InChI is InChI=1S/C15H15F3N4O2S/c1-8(23)10-7-25-14(19-10)20-12(24)6-22-11-5-3-2-4-9(11)13(21-22)15(16,17)18/h7H,2-6H2,1H3,(H,19,20,24). The summed E-state index contributed by atoms with van der Waals surface area (Å²) in [7, 11) is 0. The fraction of sp³-hybridized carbons (Fsp3) is 0.467. The molecule has 0 spiro atoms. The second kappa shape index (κ2) is 6.58. The molecule has 2 aromatic rings. The van der Waals surface area contributed by atoms with Gasteiger partial charge in [-0.1, -0.05) is 0 Å². The van der Waals surface area contributed by atoms with Crippen LogP contribution in [0.5, 0.6) is 0 Å². The van der Waals surface area contributed by atoms with Crippen LogP contribution >= 0.6 is 11.3 Å². The van der Waals surface area contributed by atoms with Gasteiger partial charge in [0.2, 0.25) is 5.91 Å². The Hall–Kier alpha value is -2.23. The lowest BCUT2D eigenvalue weighted by Gasteiger charge is -2.14. The van der Waals surface area contributed by atoms with E-state index in [-0.39, 0.29) is 28.7 Å². The first kappa shape index (κ1) is 17.6. The van der Waals surface area contributed by atoms with Crippen LogP contribution in [0.25, 0.3) is 0 Å². The SMILES string of the molecule is CC(=O)c1csc(NC(=O)Cn2nc(C(F)(F)F)c3c2CCCC3)n1. The highest BCUT2D eigenvalue weighted by atomic mass is 32.1. The number of hydrogen-bond acceptors (Lipinski definition) is 5. The van der Waals surface area contributed by atoms with Crippen LogP contribution in [0.2, 0.25) is 0 Å². The molecule has 10 heteroatoms. The van der Waals surface area contributed by atoms with Crippen LogP contribution in [0.1, 0.15) is 47.2 Å². The number of Topliss-reactive ketones (excluding diaryl/α,β-unsaturated/α-hetero) is 1. The summed E-state index contributed by atoms with van der Waals surface area (Å²) in [6.45, 7) is 1.03. The van der Waals surface area contributed by atoms with Crippen LogP contribution in [0, 0.1) is 0 Å². The van der Waals surface area contributed by atoms with Crippen LogP contribution < -0.4 is 5.32 Å². The third-order valence-electron chi connectivity index (χ3n) is 3.93. The number of anilines is 1. The fourth-order valence-corrected chi connectivity index (χ4v) is 3.58. The molecule has 134 valence electrons. The quantitative estimate of drug-likeness (QED) is 0.837. The molecule has 0 saturated carbocycles. The maximum Gasteiger partial charge on any atom is 0.435 e. The van der Waals surface area contributed by atoms with Gasteiger partial charge in [-0.05, 0) is 25.7 Å². The first-order chi connectivity index (χ1) is 11.8. The molecule has 0 unspecified atom stereocenters. The van der Waals surface area contributed by atoms with Crippen molar-refractivity contribution < 1.29 is 22.8 Å². The number of thiazole rings is 1. The van der Waals surface area contributed by atoms with Crippen molar-refractivity contribution in [1.29, 1.82) is 0 Å². The van der Waals surface area contributed by atoms with Crippen molar-refractivity contribution in [3.63, 3.8) is 0 Å². The van der Waals surface area contributed by atoms with Gasteiger partial charge in [0, 0.05) is 23.6 Å². The molecule has 1 amide bonds. The summed E-state index contributed by atoms with van der Waals surface area (Å²) in [5.74, 6) is -0.762. The molecule has 25 heavy (non-hydrogen) atoms. The zero-order chi connectivity index (χ0) is 18.2. The molecule has 0 atom stereocenters. The minimum absolute atomic E-state index is 0.194. The third kappa shape index (κ3) is 3.73. The number of halogens is 3. The zero-order valence-electron chi connectivity index (χ0n) is 13.3. The fourth-order valence-electron chi connectivity index (χ4n) is 2.82. The van der Waals surface area contributed by atoms with Gasteiger partial charge in [0.25, 0.3) is 0 Å². The Morgan fingerprint density at radius 3 is 2.68 bits per heavy atom. The van der Waals surface area contributed by atoms with E-state index >= 15 is 0 Å². The van der Waals surface area contributed by atoms with Crippen LogP contribution in [0.4, 0.5) is 18.3 Å². The number of rotatable bonds is 4. The lowest BCUT2D eigenvalue weighted by atomic mass is 9.95. The zero-order valence-corrected chi connectivity index (χ0v) is 14.1. The minimum Gasteiger partial charge on any atom is -0.300 e. The topological polar surface area (TPSA) is 76.9 Å². The molecule has 1 aliphatic carbocycles. The average molecular weight is 372 g/mol. The Balaban J connectivity index is 1.79. The van der Waals surface area contributed by atoms with Gasteiger partial charge in [-0.2, -0.15) is 18.3 Å². The molecule has 1 aliphatic rings. The molecular weight excluding hydrogens is 357 g/mol. The van der Waals surface area contributed by atoms with Gasteiger partial charge < -0.3 is 5.32 Å². The lowest BCUT2D eigenvalue weighted by molar-refractivity contribution is -0.142. The molecule has 2 heterocycles. The number of alkyl halides is 3. The predicted molar refractivity (Wildman–Crippen MR) is 84.6 cm³/mol. The number of aromatic nitrogens is 3. The number of nitrogens with zero attached hydrogens (tertiary/aromatic N) is 3. The highest BCUT2D eigenvalue weighted by molar-refractivity contribution is 7.14. The van der Waals surface area contributed by atoms with Gasteiger partial charge >= 0.3 is 6.18 Å². The van der Waals surface area contributed by atoms with Crippen molar-refractivity contribution in [2.24, 2.45) is 0 Å². The Morgan fingerprint density at radius 2 is 2.04 bits per heavy atom. The van der Waals surface area contributed by atoms with E-state index in [1.807, 2.05) is 0 Å². The van der Waals surface area contributed by atoms with Crippen LogP contribution in [0.15, 0.2) is 5.38 Å². The van der Waals surface area contributed by atoms with Crippen molar-refractivity contribution >= 4 is 28.2 Å². The Kier molecular flexibility index (Phi) is 4.63. The summed E-state index contributed by atoms with van der Waals surface area (Å²) in [5, 5.41) is 7.87. The highest BCUT2D eigenvalue weighted by Gasteiger charge is 2.39. The highest BCUT2D eigenvalue weighted by Crippen LogP contribution is 2.35. The average Bonchev–Trinajstić information content (AvgIpc) is 3.12. The molecule has 3 rings (SSSR count). The van der Waals surface area contributed by atoms with Gasteiger partial charge in [-0.25, -0.2) is 4.98 Å². The van der Waals surface area contributed by atoms with Crippen LogP contribution in [-0.4, -0.2) is 26.5 Å². The smallest absolute Gasteiger partial charge is 0.300 e. The lowest BCUT2D eigenvalue weighted by Crippen LogP contribution is -2.21. The second-order valence-electron chi connectivity index (χ2n) is 5.78. The number of amides is 1. The van der Waals surface area contributed by atoms with E-state index in [4.69, 9.17) is 0 Å². The van der Waals surface area contributed by atoms with Gasteiger partial charge in [-0.3, -0.25) is 14.3 Å². The number of ketones is 1. The Morgan fingerprint density at radius 1 is 1.32 bits per heavy atom. The molecule has 0 radical (unpaired) electrons. The van der Waals surface area contributed by atoms with Crippen molar-refractivity contribution in [3.05, 3.63) is 28.0 Å². The monoisotopic (exact) mass is 372 g/mol. The van der Waals surface area contributed by atoms with E-state index < -0.39 is 17.8 Å². The van der Waals surface area contributed by atoms with Crippen LogP contribution in [0.3, 0.4) is 0 Å². The summed E-state index contributed by atoms with van der Waals surface area (Å²) >= 11 is 1.08. The van der Waals surface area contributed by atoms with E-state index in [9.17, 15) is 22.8 Å². The van der Waals surface area contributed by atoms with Crippen molar-refractivity contribution in [1.82, 2.24) is 14.8 Å². The van der Waals surface area contributed by atoms with E-state index in [0.29, 0.717) is 25.0 Å². The van der Waals surface area contributed by atoms with Gasteiger partial charge in [0.15, 0.2) is 16.6 Å². The Bertz CT molecular complexity index is 825. The second-order valence-corrected chi connectivity index (χ2v) is 6.64. The van der Waals surface area contributed by atoms with Crippen molar-refractivity contribution in [2.45, 2.75) is 45.3 Å². The van der Waals surface area contributed by atoms with E-state index in [1.54, 1.807) is 0 Å². The largest absolute Gasteiger partial charge is 0.435 e. The molecule has 0 saturated heterocycles.